The van der Waals surface area contributed by atoms with Crippen molar-refractivity contribution in [3.63, 3.8) is 0 Å². The number of piperidine rings is 1. The van der Waals surface area contributed by atoms with Crippen molar-refractivity contribution < 1.29 is 8.78 Å². The first-order valence-corrected chi connectivity index (χ1v) is 6.20. The first-order valence-electron chi connectivity index (χ1n) is 6.20. The smallest absolute Gasteiger partial charge is 0.290 e. The Labute approximate surface area is 112 Å². The van der Waals surface area contributed by atoms with E-state index in [0.717, 1.165) is 0 Å². The number of anilines is 1. The van der Waals surface area contributed by atoms with E-state index in [4.69, 9.17) is 0 Å². The van der Waals surface area contributed by atoms with Crippen molar-refractivity contribution in [3.05, 3.63) is 22.6 Å². The van der Waals surface area contributed by atoms with Gasteiger partial charge in [0.15, 0.2) is 0 Å². The maximum Gasteiger partial charge on any atom is 0.290 e. The minimum atomic E-state index is -2.74. The van der Waals surface area contributed by atoms with E-state index in [2.05, 4.69) is 20.6 Å². The number of H-pyrrole nitrogens is 1. The molecule has 1 atom stereocenters. The van der Waals surface area contributed by atoms with Crippen LogP contribution in [-0.4, -0.2) is 56.8 Å². The zero-order valence-corrected chi connectivity index (χ0v) is 10.8. The van der Waals surface area contributed by atoms with E-state index in [0.29, 0.717) is 12.1 Å². The summed E-state index contributed by atoms with van der Waals surface area (Å²) in [5, 5.41) is 13.0. The van der Waals surface area contributed by atoms with E-state index >= 15 is 0 Å². The monoisotopic (exact) mass is 284 g/mol. The molecular formula is C11H14F2N6O. The Bertz CT molecular complexity index is 681. The van der Waals surface area contributed by atoms with Crippen LogP contribution in [0.2, 0.25) is 0 Å². The molecule has 3 rings (SSSR count). The van der Waals surface area contributed by atoms with Gasteiger partial charge in [-0.15, -0.1) is 5.10 Å². The summed E-state index contributed by atoms with van der Waals surface area (Å²) in [6.45, 7) is 0.223. The first kappa shape index (κ1) is 13.0. The van der Waals surface area contributed by atoms with Crippen molar-refractivity contribution >= 4 is 11.5 Å². The van der Waals surface area contributed by atoms with Gasteiger partial charge in [-0.25, -0.2) is 13.9 Å². The van der Waals surface area contributed by atoms with Crippen molar-refractivity contribution in [1.82, 2.24) is 24.7 Å². The summed E-state index contributed by atoms with van der Waals surface area (Å²) < 4.78 is 28.4. The fraction of sp³-hybridized carbons (Fsp3) is 0.545. The number of fused-ring (bicyclic) bond motifs is 1. The highest BCUT2D eigenvalue weighted by molar-refractivity contribution is 5.47. The molecule has 1 aliphatic rings. The van der Waals surface area contributed by atoms with Gasteiger partial charge < -0.3 is 5.32 Å². The number of nitrogens with one attached hydrogen (secondary N) is 2. The summed E-state index contributed by atoms with van der Waals surface area (Å²) in [6, 6.07) is 1.07. The summed E-state index contributed by atoms with van der Waals surface area (Å²) in [4.78, 5) is 13.1. The quantitative estimate of drug-likeness (QED) is 0.822. The highest BCUT2D eigenvalue weighted by atomic mass is 19.3. The molecule has 0 saturated carbocycles. The summed E-state index contributed by atoms with van der Waals surface area (Å²) in [7, 11) is 1.64. The number of nitrogens with zero attached hydrogens (tertiary/aromatic N) is 4. The third-order valence-electron chi connectivity index (χ3n) is 3.25. The van der Waals surface area contributed by atoms with Gasteiger partial charge in [0.2, 0.25) is 5.95 Å². The van der Waals surface area contributed by atoms with Gasteiger partial charge in [-0.2, -0.15) is 9.61 Å². The van der Waals surface area contributed by atoms with Gasteiger partial charge in [-0.05, 0) is 13.1 Å². The number of halogens is 2. The highest BCUT2D eigenvalue weighted by Crippen LogP contribution is 2.27. The van der Waals surface area contributed by atoms with Gasteiger partial charge in [0.25, 0.3) is 11.5 Å². The van der Waals surface area contributed by atoms with Crippen LogP contribution in [0.25, 0.3) is 5.52 Å². The van der Waals surface area contributed by atoms with Gasteiger partial charge in [0.1, 0.15) is 5.52 Å². The third-order valence-corrected chi connectivity index (χ3v) is 3.25. The summed E-state index contributed by atoms with van der Waals surface area (Å²) in [5.74, 6) is -2.49. The fourth-order valence-electron chi connectivity index (χ4n) is 2.55. The van der Waals surface area contributed by atoms with Crippen LogP contribution in [0, 0.1) is 0 Å². The topological polar surface area (TPSA) is 78.3 Å². The Morgan fingerprint density at radius 3 is 3.10 bits per heavy atom. The lowest BCUT2D eigenvalue weighted by atomic mass is 10.0. The van der Waals surface area contributed by atoms with Gasteiger partial charge >= 0.3 is 0 Å². The number of alkyl halides is 2. The molecule has 0 radical (unpaired) electrons. The van der Waals surface area contributed by atoms with Crippen molar-refractivity contribution in [3.8, 4) is 0 Å². The van der Waals surface area contributed by atoms with Crippen LogP contribution in [0.4, 0.5) is 14.7 Å². The fourth-order valence-corrected chi connectivity index (χ4v) is 2.55. The number of hydrogen-bond acceptors (Lipinski definition) is 5. The number of rotatable bonds is 2. The molecule has 0 aliphatic carbocycles. The zero-order chi connectivity index (χ0) is 14.3. The first-order chi connectivity index (χ1) is 9.44. The predicted molar refractivity (Wildman–Crippen MR) is 68.1 cm³/mol. The molecule has 0 spiro atoms. The minimum absolute atomic E-state index is 0.249. The van der Waals surface area contributed by atoms with Crippen molar-refractivity contribution in [2.75, 3.05) is 25.5 Å². The van der Waals surface area contributed by atoms with Crippen molar-refractivity contribution in [2.24, 2.45) is 0 Å². The Hall–Kier alpha value is -2.03. The molecule has 2 aromatic heterocycles. The second-order valence-electron chi connectivity index (χ2n) is 5.10. The van der Waals surface area contributed by atoms with Gasteiger partial charge in [0, 0.05) is 19.0 Å². The zero-order valence-electron chi connectivity index (χ0n) is 10.8. The van der Waals surface area contributed by atoms with E-state index in [1.165, 1.54) is 16.8 Å². The molecule has 108 valence electrons. The number of likely N-dealkylation sites (N-methyl/N-ethyl adjacent to an activating group) is 1. The summed E-state index contributed by atoms with van der Waals surface area (Å²) in [6.07, 6.45) is 1.18. The maximum absolute atomic E-state index is 13.5. The largest absolute Gasteiger partial charge is 0.349 e. The van der Waals surface area contributed by atoms with Crippen molar-refractivity contribution in [2.45, 2.75) is 18.4 Å². The molecule has 0 bridgehead atoms. The van der Waals surface area contributed by atoms with E-state index in [-0.39, 0.29) is 24.5 Å². The molecule has 2 aromatic rings. The normalized spacial score (nSPS) is 23.1. The summed E-state index contributed by atoms with van der Waals surface area (Å²) in [5.41, 5.74) is -0.0578. The van der Waals surface area contributed by atoms with Crippen LogP contribution >= 0.6 is 0 Å². The average Bonchev–Trinajstić information content (AvgIpc) is 2.80. The van der Waals surface area contributed by atoms with E-state index in [1.807, 2.05) is 0 Å². The van der Waals surface area contributed by atoms with Crippen LogP contribution < -0.4 is 10.9 Å². The van der Waals surface area contributed by atoms with Gasteiger partial charge in [-0.3, -0.25) is 9.69 Å². The van der Waals surface area contributed by atoms with Crippen LogP contribution in [0.15, 0.2) is 17.1 Å². The maximum atomic E-state index is 13.5. The molecule has 3 heterocycles. The molecule has 1 fully saturated rings. The van der Waals surface area contributed by atoms with Crippen LogP contribution in [-0.2, 0) is 0 Å². The van der Waals surface area contributed by atoms with Crippen LogP contribution in [0.1, 0.15) is 6.42 Å². The molecule has 7 nitrogen and oxygen atoms in total. The molecule has 0 unspecified atom stereocenters. The standard InChI is InChI=1S/C11H14F2N6O/c1-18-5-7(4-11(12,13)6-18)15-10-17-16-9(20)8-2-3-14-19(8)10/h2-3,7H,4-6H2,1H3,(H,15,17)(H,16,20)/t7-/m1/s1. The Morgan fingerprint density at radius 2 is 2.35 bits per heavy atom. The molecule has 20 heavy (non-hydrogen) atoms. The SMILES string of the molecule is CN1C[C@H](Nc2n[nH]c(=O)c3ccnn23)CC(F)(F)C1. The molecular weight excluding hydrogens is 270 g/mol. The average molecular weight is 284 g/mol. The van der Waals surface area contributed by atoms with E-state index in [9.17, 15) is 13.6 Å². The molecule has 9 heteroatoms. The second kappa shape index (κ2) is 4.51. The molecule has 0 amide bonds. The number of aromatic amines is 1. The molecule has 0 aromatic carbocycles. The Kier molecular flexibility index (Phi) is 2.93. The van der Waals surface area contributed by atoms with E-state index in [1.54, 1.807) is 11.9 Å². The van der Waals surface area contributed by atoms with Gasteiger partial charge in [0.05, 0.1) is 12.7 Å². The molecule has 2 N–H and O–H groups in total. The highest BCUT2D eigenvalue weighted by Gasteiger charge is 2.39. The summed E-state index contributed by atoms with van der Waals surface area (Å²) >= 11 is 0. The van der Waals surface area contributed by atoms with Gasteiger partial charge in [-0.1, -0.05) is 0 Å². The van der Waals surface area contributed by atoms with Crippen LogP contribution in [0.5, 0.6) is 0 Å². The number of hydrogen-bond donors (Lipinski definition) is 2. The lowest BCUT2D eigenvalue weighted by Crippen LogP contribution is -2.50. The van der Waals surface area contributed by atoms with Crippen molar-refractivity contribution in [1.29, 1.82) is 0 Å². The number of likely N-dealkylation sites (tertiary alicyclic amines) is 1. The second-order valence-corrected chi connectivity index (χ2v) is 5.10. The lowest BCUT2D eigenvalue weighted by Gasteiger charge is -2.35. The minimum Gasteiger partial charge on any atom is -0.349 e. The number of aromatic nitrogens is 4. The lowest BCUT2D eigenvalue weighted by molar-refractivity contribution is -0.0612. The molecule has 1 aliphatic heterocycles. The third kappa shape index (κ3) is 2.36. The predicted octanol–water partition coefficient (Wildman–Crippen LogP) is 0.169. The van der Waals surface area contributed by atoms with Crippen LogP contribution in [0.3, 0.4) is 0 Å². The van der Waals surface area contributed by atoms with E-state index < -0.39 is 12.0 Å². The molecule has 1 saturated heterocycles. The Morgan fingerprint density at radius 1 is 1.55 bits per heavy atom. The Balaban J connectivity index is 1.88.